The molecule has 30 heavy (non-hydrogen) atoms. The summed E-state index contributed by atoms with van der Waals surface area (Å²) in [5, 5.41) is 5.58. The lowest BCUT2D eigenvalue weighted by Gasteiger charge is -2.11. The lowest BCUT2D eigenvalue weighted by Crippen LogP contribution is -2.34. The molecule has 3 rings (SSSR count). The first-order chi connectivity index (χ1) is 14.6. The molecule has 0 aliphatic rings. The predicted molar refractivity (Wildman–Crippen MR) is 123 cm³/mol. The van der Waals surface area contributed by atoms with E-state index in [9.17, 15) is 9.59 Å². The largest absolute Gasteiger partial charge is 0.347 e. The van der Waals surface area contributed by atoms with Crippen LogP contribution < -0.4 is 10.6 Å². The molecule has 0 aliphatic heterocycles. The highest BCUT2D eigenvalue weighted by molar-refractivity contribution is 9.10. The van der Waals surface area contributed by atoms with Gasteiger partial charge in [-0.25, -0.2) is 0 Å². The van der Waals surface area contributed by atoms with Crippen LogP contribution >= 0.6 is 15.9 Å². The van der Waals surface area contributed by atoms with E-state index in [1.807, 2.05) is 72.8 Å². The van der Waals surface area contributed by atoms with E-state index in [0.29, 0.717) is 16.6 Å². The van der Waals surface area contributed by atoms with Gasteiger partial charge in [-0.1, -0.05) is 84.9 Å². The highest BCUT2D eigenvalue weighted by Crippen LogP contribution is 2.16. The van der Waals surface area contributed by atoms with Gasteiger partial charge in [-0.3, -0.25) is 9.59 Å². The minimum absolute atomic E-state index is 0.166. The van der Waals surface area contributed by atoms with Crippen LogP contribution in [0.3, 0.4) is 0 Å². The van der Waals surface area contributed by atoms with Crippen molar-refractivity contribution in [1.82, 2.24) is 10.6 Å². The van der Waals surface area contributed by atoms with Gasteiger partial charge in [-0.2, -0.15) is 0 Å². The second-order valence-electron chi connectivity index (χ2n) is 6.45. The third-order valence-corrected chi connectivity index (χ3v) is 4.95. The first-order valence-electron chi connectivity index (χ1n) is 9.45. The Bertz CT molecular complexity index is 1060. The topological polar surface area (TPSA) is 58.2 Å². The first kappa shape index (κ1) is 21.3. The summed E-state index contributed by atoms with van der Waals surface area (Å²) < 4.78 is 0.659. The molecule has 0 unspecified atom stereocenters. The molecule has 5 heteroatoms. The highest BCUT2D eigenvalue weighted by Gasteiger charge is 2.15. The maximum absolute atomic E-state index is 12.8. The van der Waals surface area contributed by atoms with Crippen LogP contribution in [0.2, 0.25) is 0 Å². The van der Waals surface area contributed by atoms with E-state index in [4.69, 9.17) is 0 Å². The van der Waals surface area contributed by atoms with Gasteiger partial charge in [0.1, 0.15) is 5.70 Å². The zero-order valence-corrected chi connectivity index (χ0v) is 17.8. The number of carbonyl (C=O) groups is 2. The van der Waals surface area contributed by atoms with Crippen molar-refractivity contribution in [3.05, 3.63) is 124 Å². The Kier molecular flexibility index (Phi) is 7.75. The normalized spacial score (nSPS) is 11.3. The molecule has 3 aromatic rings. The van der Waals surface area contributed by atoms with Crippen LogP contribution in [-0.2, 0) is 11.3 Å². The molecule has 0 saturated heterocycles. The Labute approximate surface area is 184 Å². The number of halogens is 1. The lowest BCUT2D eigenvalue weighted by atomic mass is 10.2. The van der Waals surface area contributed by atoms with Crippen LogP contribution in [0.5, 0.6) is 0 Å². The molecule has 0 aromatic heterocycles. The fourth-order valence-corrected chi connectivity index (χ4v) is 3.17. The van der Waals surface area contributed by atoms with Crippen molar-refractivity contribution in [2.24, 2.45) is 0 Å². The minimum Gasteiger partial charge on any atom is -0.347 e. The van der Waals surface area contributed by atoms with Gasteiger partial charge in [0.05, 0.1) is 5.56 Å². The van der Waals surface area contributed by atoms with Gasteiger partial charge >= 0.3 is 0 Å². The number of benzene rings is 3. The molecule has 2 N–H and O–H groups in total. The Morgan fingerprint density at radius 1 is 0.833 bits per heavy atom. The molecule has 0 aliphatic carbocycles. The van der Waals surface area contributed by atoms with Gasteiger partial charge in [0.15, 0.2) is 0 Å². The number of hydrogen-bond donors (Lipinski definition) is 2. The Balaban J connectivity index is 1.77. The number of nitrogens with one attached hydrogen (secondary N) is 2. The molecule has 2 amide bonds. The van der Waals surface area contributed by atoms with Crippen LogP contribution in [0, 0.1) is 0 Å². The molecular formula is C25H21BrN2O2. The molecule has 0 fully saturated rings. The third-order valence-electron chi connectivity index (χ3n) is 4.26. The molecule has 0 spiro atoms. The monoisotopic (exact) mass is 460 g/mol. The molecule has 0 saturated carbocycles. The van der Waals surface area contributed by atoms with Crippen molar-refractivity contribution in [3.63, 3.8) is 0 Å². The SMILES string of the molecule is O=C(NCc1ccccc1)C(=CC=Cc1ccccc1)NC(=O)c1ccccc1Br. The van der Waals surface area contributed by atoms with Crippen LogP contribution in [0.15, 0.2) is 107 Å². The average molecular weight is 461 g/mol. The van der Waals surface area contributed by atoms with E-state index in [2.05, 4.69) is 26.6 Å². The Morgan fingerprint density at radius 3 is 2.17 bits per heavy atom. The van der Waals surface area contributed by atoms with Crippen molar-refractivity contribution in [2.45, 2.75) is 6.54 Å². The van der Waals surface area contributed by atoms with E-state index in [1.165, 1.54) is 0 Å². The molecule has 0 atom stereocenters. The molecular weight excluding hydrogens is 440 g/mol. The van der Waals surface area contributed by atoms with E-state index in [0.717, 1.165) is 11.1 Å². The van der Waals surface area contributed by atoms with Crippen molar-refractivity contribution in [3.8, 4) is 0 Å². The quantitative estimate of drug-likeness (QED) is 0.380. The van der Waals surface area contributed by atoms with Gasteiger partial charge < -0.3 is 10.6 Å². The summed E-state index contributed by atoms with van der Waals surface area (Å²) in [4.78, 5) is 25.5. The van der Waals surface area contributed by atoms with Crippen LogP contribution in [0.4, 0.5) is 0 Å². The van der Waals surface area contributed by atoms with Crippen molar-refractivity contribution in [1.29, 1.82) is 0 Å². The van der Waals surface area contributed by atoms with Crippen LogP contribution in [0.25, 0.3) is 6.08 Å². The van der Waals surface area contributed by atoms with Crippen LogP contribution in [-0.4, -0.2) is 11.8 Å². The summed E-state index contributed by atoms with van der Waals surface area (Å²) in [6.45, 7) is 0.365. The van der Waals surface area contributed by atoms with Crippen molar-refractivity contribution in [2.75, 3.05) is 0 Å². The number of allylic oxidation sites excluding steroid dienone is 2. The fourth-order valence-electron chi connectivity index (χ4n) is 2.70. The summed E-state index contributed by atoms with van der Waals surface area (Å²) >= 11 is 3.37. The van der Waals surface area contributed by atoms with Gasteiger partial charge in [0.2, 0.25) is 0 Å². The van der Waals surface area contributed by atoms with E-state index in [1.54, 1.807) is 30.4 Å². The summed E-state index contributed by atoms with van der Waals surface area (Å²) in [5.74, 6) is -0.728. The van der Waals surface area contributed by atoms with Gasteiger partial charge in [-0.15, -0.1) is 0 Å². The average Bonchev–Trinajstić information content (AvgIpc) is 2.78. The molecule has 0 radical (unpaired) electrons. The minimum atomic E-state index is -0.364. The summed E-state index contributed by atoms with van der Waals surface area (Å²) in [5.41, 5.74) is 2.59. The fraction of sp³-hybridized carbons (Fsp3) is 0.0400. The maximum atomic E-state index is 12.8. The highest BCUT2D eigenvalue weighted by atomic mass is 79.9. The molecule has 0 heterocycles. The zero-order chi connectivity index (χ0) is 21.2. The zero-order valence-electron chi connectivity index (χ0n) is 16.2. The second-order valence-corrected chi connectivity index (χ2v) is 7.31. The number of carbonyl (C=O) groups excluding carboxylic acids is 2. The first-order valence-corrected chi connectivity index (χ1v) is 10.2. The van der Waals surface area contributed by atoms with E-state index < -0.39 is 0 Å². The van der Waals surface area contributed by atoms with Gasteiger partial charge in [0.25, 0.3) is 11.8 Å². The molecule has 0 bridgehead atoms. The van der Waals surface area contributed by atoms with Gasteiger partial charge in [0, 0.05) is 11.0 Å². The number of hydrogen-bond acceptors (Lipinski definition) is 2. The standard InChI is InChI=1S/C25H21BrN2O2/c26-22-16-8-7-15-21(22)24(29)28-23(17-9-14-19-10-3-1-4-11-19)25(30)27-18-20-12-5-2-6-13-20/h1-17H,18H2,(H,27,30)(H,28,29). The molecule has 150 valence electrons. The Hall–Kier alpha value is -3.44. The maximum Gasteiger partial charge on any atom is 0.268 e. The van der Waals surface area contributed by atoms with Crippen molar-refractivity contribution >= 4 is 33.8 Å². The number of rotatable bonds is 7. The molecule has 3 aromatic carbocycles. The van der Waals surface area contributed by atoms with Crippen molar-refractivity contribution < 1.29 is 9.59 Å². The molecule has 4 nitrogen and oxygen atoms in total. The van der Waals surface area contributed by atoms with Crippen LogP contribution in [0.1, 0.15) is 21.5 Å². The predicted octanol–water partition coefficient (Wildman–Crippen LogP) is 5.09. The lowest BCUT2D eigenvalue weighted by molar-refractivity contribution is -0.118. The van der Waals surface area contributed by atoms with Gasteiger partial charge in [-0.05, 0) is 45.3 Å². The summed E-state index contributed by atoms with van der Waals surface area (Å²) in [7, 11) is 0. The third kappa shape index (κ3) is 6.29. The Morgan fingerprint density at radius 2 is 1.47 bits per heavy atom. The van der Waals surface area contributed by atoms with E-state index in [-0.39, 0.29) is 17.5 Å². The number of amides is 2. The summed E-state index contributed by atoms with van der Waals surface area (Å²) in [6, 6.07) is 26.4. The smallest absolute Gasteiger partial charge is 0.268 e. The van der Waals surface area contributed by atoms with E-state index >= 15 is 0 Å². The second kappa shape index (κ2) is 10.9. The summed E-state index contributed by atoms with van der Waals surface area (Å²) in [6.07, 6.45) is 5.21.